The first-order valence-corrected chi connectivity index (χ1v) is 3.13. The molecule has 1 aliphatic heterocycles. The van der Waals surface area contributed by atoms with E-state index in [1.165, 1.54) is 5.56 Å². The Labute approximate surface area is 60.3 Å². The Morgan fingerprint density at radius 1 is 1.60 bits per heavy atom. The minimum absolute atomic E-state index is 0.816. The van der Waals surface area contributed by atoms with E-state index in [4.69, 9.17) is 0 Å². The van der Waals surface area contributed by atoms with Gasteiger partial charge in [0.15, 0.2) is 0 Å². The van der Waals surface area contributed by atoms with Crippen molar-refractivity contribution in [1.29, 1.82) is 0 Å². The molecule has 0 amide bonds. The predicted octanol–water partition coefficient (Wildman–Crippen LogP) is 1.17. The molecule has 2 heteroatoms. The van der Waals surface area contributed by atoms with Gasteiger partial charge in [-0.05, 0) is 18.1 Å². The molecule has 0 aliphatic carbocycles. The van der Waals surface area contributed by atoms with Crippen LogP contribution < -0.4 is 5.32 Å². The monoisotopic (exact) mass is 130 g/mol. The number of aromatic nitrogens is 1. The first-order chi connectivity index (χ1) is 4.97. The third-order valence-corrected chi connectivity index (χ3v) is 1.47. The average molecular weight is 130 g/mol. The van der Waals surface area contributed by atoms with Gasteiger partial charge in [-0.3, -0.25) is 4.98 Å². The Hall–Kier alpha value is -1.05. The molecule has 0 saturated heterocycles. The summed E-state index contributed by atoms with van der Waals surface area (Å²) in [7, 11) is 0. The van der Waals surface area contributed by atoms with Gasteiger partial charge in [0.1, 0.15) is 0 Å². The average Bonchev–Trinajstić information content (AvgIpc) is 2.05. The highest BCUT2D eigenvalue weighted by Gasteiger charge is 2.07. The predicted molar refractivity (Wildman–Crippen MR) is 38.0 cm³/mol. The molecule has 0 spiro atoms. The number of hydrogen-bond acceptors (Lipinski definition) is 2. The van der Waals surface area contributed by atoms with E-state index in [9.17, 15) is 0 Å². The normalized spacial score (nSPS) is 15.6. The lowest BCUT2D eigenvalue weighted by Gasteiger charge is -2.14. The molecule has 1 N–H and O–H groups in total. The second-order valence-corrected chi connectivity index (χ2v) is 2.14. The van der Waals surface area contributed by atoms with Crippen molar-refractivity contribution in [3.63, 3.8) is 0 Å². The van der Waals surface area contributed by atoms with Crippen LogP contribution in [0.3, 0.4) is 0 Å². The van der Waals surface area contributed by atoms with Gasteiger partial charge >= 0.3 is 0 Å². The van der Waals surface area contributed by atoms with Gasteiger partial charge in [-0.2, -0.15) is 0 Å². The van der Waals surface area contributed by atoms with E-state index in [0.29, 0.717) is 0 Å². The highest BCUT2D eigenvalue weighted by Crippen LogP contribution is 2.20. The van der Waals surface area contributed by atoms with Gasteiger partial charge in [0.05, 0.1) is 6.54 Å². The fraction of sp³-hybridized carbons (Fsp3) is 0.125. The summed E-state index contributed by atoms with van der Waals surface area (Å²) in [6, 6.07) is 1.93. The molecular weight excluding hydrogens is 124 g/mol. The van der Waals surface area contributed by atoms with Crippen molar-refractivity contribution >= 4 is 5.69 Å². The van der Waals surface area contributed by atoms with E-state index >= 15 is 0 Å². The standard InChI is InChI=1S/C8H6N2/c1-2-7-6-9-5-3-8(7)10-4-1/h3,5-6,10H,2H2. The lowest BCUT2D eigenvalue weighted by Crippen LogP contribution is -2.07. The van der Waals surface area contributed by atoms with Crippen molar-refractivity contribution < 1.29 is 0 Å². The molecule has 0 bridgehead atoms. The molecule has 0 saturated carbocycles. The van der Waals surface area contributed by atoms with Crippen molar-refractivity contribution in [3.05, 3.63) is 37.0 Å². The first-order valence-electron chi connectivity index (χ1n) is 3.13. The van der Waals surface area contributed by atoms with Crippen molar-refractivity contribution in [2.24, 2.45) is 0 Å². The van der Waals surface area contributed by atoms with Gasteiger partial charge in [0.2, 0.25) is 0 Å². The fourth-order valence-electron chi connectivity index (χ4n) is 0.941. The topological polar surface area (TPSA) is 24.9 Å². The van der Waals surface area contributed by atoms with Crippen LogP contribution in [0.2, 0.25) is 0 Å². The van der Waals surface area contributed by atoms with Crippen LogP contribution in [0.25, 0.3) is 0 Å². The van der Waals surface area contributed by atoms with Crippen molar-refractivity contribution in [3.8, 4) is 0 Å². The minimum atomic E-state index is 0.816. The summed E-state index contributed by atoms with van der Waals surface area (Å²) < 4.78 is 0. The molecule has 48 valence electrons. The molecule has 2 nitrogen and oxygen atoms in total. The summed E-state index contributed by atoms with van der Waals surface area (Å²) in [5.74, 6) is 0. The number of nitrogens with one attached hydrogen (secondary N) is 1. The second kappa shape index (κ2) is 2.29. The molecule has 2 heterocycles. The second-order valence-electron chi connectivity index (χ2n) is 2.14. The zero-order chi connectivity index (χ0) is 6.81. The van der Waals surface area contributed by atoms with Crippen LogP contribution in [0, 0.1) is 13.0 Å². The van der Waals surface area contributed by atoms with Crippen molar-refractivity contribution in [1.82, 2.24) is 4.98 Å². The van der Waals surface area contributed by atoms with Crippen LogP contribution >= 0.6 is 0 Å². The molecule has 1 aliphatic rings. The van der Waals surface area contributed by atoms with Gasteiger partial charge in [0.25, 0.3) is 0 Å². The van der Waals surface area contributed by atoms with E-state index in [1.807, 2.05) is 12.3 Å². The molecule has 2 rings (SSSR count). The minimum Gasteiger partial charge on any atom is -0.374 e. The largest absolute Gasteiger partial charge is 0.374 e. The van der Waals surface area contributed by atoms with E-state index in [2.05, 4.69) is 23.3 Å². The Morgan fingerprint density at radius 3 is 3.50 bits per heavy atom. The molecule has 0 atom stereocenters. The Kier molecular flexibility index (Phi) is 1.31. The third-order valence-electron chi connectivity index (χ3n) is 1.47. The summed E-state index contributed by atoms with van der Waals surface area (Å²) in [5.41, 5.74) is 2.27. The van der Waals surface area contributed by atoms with Crippen LogP contribution in [0.5, 0.6) is 0 Å². The zero-order valence-electron chi connectivity index (χ0n) is 5.39. The lowest BCUT2D eigenvalue weighted by molar-refractivity contribution is 1.07. The lowest BCUT2D eigenvalue weighted by atomic mass is 10.1. The molecule has 0 fully saturated rings. The number of nitrogens with zero attached hydrogens (tertiary/aromatic N) is 1. The summed E-state index contributed by atoms with van der Waals surface area (Å²) in [6.45, 7) is 2.81. The molecule has 0 aromatic carbocycles. The highest BCUT2D eigenvalue weighted by molar-refractivity contribution is 5.54. The molecule has 1 aromatic rings. The van der Waals surface area contributed by atoms with Crippen LogP contribution in [0.1, 0.15) is 5.56 Å². The molecule has 1 aromatic heterocycles. The van der Waals surface area contributed by atoms with Crippen molar-refractivity contribution in [2.45, 2.75) is 6.42 Å². The Morgan fingerprint density at radius 2 is 2.60 bits per heavy atom. The summed E-state index contributed by atoms with van der Waals surface area (Å²) in [4.78, 5) is 3.99. The maximum absolute atomic E-state index is 3.99. The maximum Gasteiger partial charge on any atom is 0.0966 e. The number of hydrogen-bond donors (Lipinski definition) is 1. The van der Waals surface area contributed by atoms with Gasteiger partial charge < -0.3 is 5.32 Å². The van der Waals surface area contributed by atoms with E-state index in [1.54, 1.807) is 6.20 Å². The molecule has 10 heavy (non-hydrogen) atoms. The quantitative estimate of drug-likeness (QED) is 0.570. The van der Waals surface area contributed by atoms with E-state index in [0.717, 1.165) is 12.1 Å². The number of pyridine rings is 1. The van der Waals surface area contributed by atoms with Crippen LogP contribution in [-0.2, 0) is 6.42 Å². The van der Waals surface area contributed by atoms with Crippen LogP contribution in [-0.4, -0.2) is 4.98 Å². The van der Waals surface area contributed by atoms with Crippen molar-refractivity contribution in [2.75, 3.05) is 5.32 Å². The fourth-order valence-corrected chi connectivity index (χ4v) is 0.941. The van der Waals surface area contributed by atoms with E-state index < -0.39 is 0 Å². The maximum atomic E-state index is 3.99. The van der Waals surface area contributed by atoms with Gasteiger partial charge in [0, 0.05) is 24.5 Å². The van der Waals surface area contributed by atoms with E-state index in [-0.39, 0.29) is 0 Å². The Bertz CT molecular complexity index is 207. The molecule has 0 unspecified atom stereocenters. The summed E-state index contributed by atoms with van der Waals surface area (Å²) in [5, 5.41) is 2.96. The molecular formula is C8H6N2. The SMILES string of the molecule is [C]1[C]Nc2ccncc2C1. The Balaban J connectivity index is 2.41. The first kappa shape index (κ1) is 5.71. The van der Waals surface area contributed by atoms with Gasteiger partial charge in [-0.1, -0.05) is 0 Å². The summed E-state index contributed by atoms with van der Waals surface area (Å²) in [6.07, 6.45) is 7.36. The smallest absolute Gasteiger partial charge is 0.0966 e. The zero-order valence-corrected chi connectivity index (χ0v) is 5.39. The summed E-state index contributed by atoms with van der Waals surface area (Å²) >= 11 is 0. The molecule has 4 radical (unpaired) electrons. The van der Waals surface area contributed by atoms with Gasteiger partial charge in [-0.15, -0.1) is 0 Å². The number of rotatable bonds is 0. The van der Waals surface area contributed by atoms with Crippen LogP contribution in [0.15, 0.2) is 18.5 Å². The number of fused-ring (bicyclic) bond motifs is 1. The van der Waals surface area contributed by atoms with Crippen LogP contribution in [0.4, 0.5) is 5.69 Å². The third kappa shape index (κ3) is 0.856. The van der Waals surface area contributed by atoms with Gasteiger partial charge in [-0.25, -0.2) is 0 Å². The number of anilines is 1. The highest BCUT2D eigenvalue weighted by atomic mass is 14.9.